The molecule has 2 heterocycles. The molecule has 0 atom stereocenters. The molecule has 0 aromatic carbocycles. The summed E-state index contributed by atoms with van der Waals surface area (Å²) in [7, 11) is 0. The van der Waals surface area contributed by atoms with Gasteiger partial charge in [-0.1, -0.05) is 19.0 Å². The van der Waals surface area contributed by atoms with Gasteiger partial charge in [-0.15, -0.1) is 0 Å². The molecule has 0 spiro atoms. The van der Waals surface area contributed by atoms with Crippen molar-refractivity contribution >= 4 is 5.82 Å². The van der Waals surface area contributed by atoms with Gasteiger partial charge in [0.2, 0.25) is 0 Å². The number of nitrogens with two attached hydrogens (primary N) is 1. The third kappa shape index (κ3) is 1.52. The highest BCUT2D eigenvalue weighted by molar-refractivity contribution is 5.67. The summed E-state index contributed by atoms with van der Waals surface area (Å²) < 4.78 is 10.6. The fourth-order valence-corrected chi connectivity index (χ4v) is 1.69. The Morgan fingerprint density at radius 3 is 2.80 bits per heavy atom. The molecule has 0 bridgehead atoms. The first kappa shape index (κ1) is 9.83. The number of nitrogens with zero attached hydrogens (tertiary/aromatic N) is 1. The lowest BCUT2D eigenvalue weighted by atomic mass is 10.1. The van der Waals surface area contributed by atoms with Crippen LogP contribution in [0.1, 0.15) is 25.2 Å². The second-order valence-electron chi connectivity index (χ2n) is 3.34. The molecule has 4 heteroatoms. The Bertz CT molecular complexity index is 457. The number of nitrogen functional groups attached to an aromatic ring is 1. The number of anilines is 1. The number of hydrogen-bond acceptors (Lipinski definition) is 4. The maximum atomic E-state index is 5.71. The maximum Gasteiger partial charge on any atom is 0.175 e. The predicted molar refractivity (Wildman–Crippen MR) is 57.4 cm³/mol. The number of rotatable bonds is 3. The van der Waals surface area contributed by atoms with Gasteiger partial charge in [-0.25, -0.2) is 0 Å². The molecule has 2 aromatic heterocycles. The van der Waals surface area contributed by atoms with Crippen LogP contribution in [0, 0.1) is 0 Å². The molecule has 0 amide bonds. The molecule has 0 fully saturated rings. The van der Waals surface area contributed by atoms with Crippen LogP contribution in [0.25, 0.3) is 11.3 Å². The predicted octanol–water partition coefficient (Wildman–Crippen LogP) is 2.64. The van der Waals surface area contributed by atoms with E-state index in [1.54, 1.807) is 6.26 Å². The SMILES string of the molecule is CCc1occc1-c1onc(N)c1CC. The molecule has 0 radical (unpaired) electrons. The van der Waals surface area contributed by atoms with Crippen LogP contribution in [0.3, 0.4) is 0 Å². The first-order valence-electron chi connectivity index (χ1n) is 5.08. The van der Waals surface area contributed by atoms with Gasteiger partial charge < -0.3 is 14.7 Å². The Morgan fingerprint density at radius 2 is 2.13 bits per heavy atom. The molecule has 4 nitrogen and oxygen atoms in total. The summed E-state index contributed by atoms with van der Waals surface area (Å²) in [5.74, 6) is 2.11. The van der Waals surface area contributed by atoms with Crippen LogP contribution in [0.15, 0.2) is 21.3 Å². The van der Waals surface area contributed by atoms with Crippen molar-refractivity contribution in [2.75, 3.05) is 5.73 Å². The summed E-state index contributed by atoms with van der Waals surface area (Å²) in [4.78, 5) is 0. The van der Waals surface area contributed by atoms with Crippen molar-refractivity contribution in [2.24, 2.45) is 0 Å². The summed E-state index contributed by atoms with van der Waals surface area (Å²) in [6, 6.07) is 1.89. The Labute approximate surface area is 88.0 Å². The van der Waals surface area contributed by atoms with Crippen LogP contribution < -0.4 is 5.73 Å². The van der Waals surface area contributed by atoms with Gasteiger partial charge in [-0.2, -0.15) is 0 Å². The second-order valence-corrected chi connectivity index (χ2v) is 3.34. The molecule has 15 heavy (non-hydrogen) atoms. The molecule has 2 aromatic rings. The minimum atomic E-state index is 0.468. The smallest absolute Gasteiger partial charge is 0.175 e. The van der Waals surface area contributed by atoms with E-state index < -0.39 is 0 Å². The van der Waals surface area contributed by atoms with E-state index in [2.05, 4.69) is 5.16 Å². The number of aryl methyl sites for hydroxylation is 1. The van der Waals surface area contributed by atoms with Crippen molar-refractivity contribution in [3.8, 4) is 11.3 Å². The first-order chi connectivity index (χ1) is 7.27. The lowest BCUT2D eigenvalue weighted by molar-refractivity contribution is 0.432. The lowest BCUT2D eigenvalue weighted by Crippen LogP contribution is -1.91. The average molecular weight is 206 g/mol. The van der Waals surface area contributed by atoms with Crippen molar-refractivity contribution in [2.45, 2.75) is 26.7 Å². The van der Waals surface area contributed by atoms with Gasteiger partial charge in [0.1, 0.15) is 5.76 Å². The Morgan fingerprint density at radius 1 is 1.33 bits per heavy atom. The first-order valence-corrected chi connectivity index (χ1v) is 5.08. The fourth-order valence-electron chi connectivity index (χ4n) is 1.69. The Balaban J connectivity index is 2.53. The van der Waals surface area contributed by atoms with Crippen molar-refractivity contribution in [1.29, 1.82) is 0 Å². The Kier molecular flexibility index (Phi) is 2.49. The third-order valence-corrected chi connectivity index (χ3v) is 2.48. The zero-order chi connectivity index (χ0) is 10.8. The highest BCUT2D eigenvalue weighted by Crippen LogP contribution is 2.31. The van der Waals surface area contributed by atoms with Gasteiger partial charge in [-0.05, 0) is 12.5 Å². The minimum absolute atomic E-state index is 0.468. The molecular weight excluding hydrogens is 192 g/mol. The largest absolute Gasteiger partial charge is 0.469 e. The molecular formula is C11H14N2O2. The van der Waals surface area contributed by atoms with Gasteiger partial charge in [-0.3, -0.25) is 0 Å². The maximum absolute atomic E-state index is 5.71. The van der Waals surface area contributed by atoms with E-state index in [4.69, 9.17) is 14.7 Å². The Hall–Kier alpha value is -1.71. The van der Waals surface area contributed by atoms with Crippen LogP contribution in [0.4, 0.5) is 5.82 Å². The van der Waals surface area contributed by atoms with E-state index in [1.807, 2.05) is 19.9 Å². The van der Waals surface area contributed by atoms with Gasteiger partial charge >= 0.3 is 0 Å². The molecule has 0 saturated heterocycles. The molecule has 0 aliphatic rings. The van der Waals surface area contributed by atoms with E-state index >= 15 is 0 Å². The van der Waals surface area contributed by atoms with Crippen molar-refractivity contribution in [3.05, 3.63) is 23.7 Å². The van der Waals surface area contributed by atoms with E-state index in [-0.39, 0.29) is 0 Å². The molecule has 0 aliphatic carbocycles. The van der Waals surface area contributed by atoms with E-state index in [9.17, 15) is 0 Å². The van der Waals surface area contributed by atoms with E-state index in [0.29, 0.717) is 5.82 Å². The standard InChI is InChI=1S/C11H14N2O2/c1-3-7-10(15-13-11(7)12)8-5-6-14-9(8)4-2/h5-6H,3-4H2,1-2H3,(H2,12,13). The van der Waals surface area contributed by atoms with Crippen molar-refractivity contribution in [3.63, 3.8) is 0 Å². The average Bonchev–Trinajstić information content (AvgIpc) is 2.82. The minimum Gasteiger partial charge on any atom is -0.469 e. The zero-order valence-electron chi connectivity index (χ0n) is 8.91. The highest BCUT2D eigenvalue weighted by Gasteiger charge is 2.18. The number of hydrogen-bond donors (Lipinski definition) is 1. The van der Waals surface area contributed by atoms with E-state index in [0.717, 1.165) is 35.5 Å². The van der Waals surface area contributed by atoms with Crippen molar-refractivity contribution < 1.29 is 8.94 Å². The van der Waals surface area contributed by atoms with Gasteiger partial charge in [0.25, 0.3) is 0 Å². The lowest BCUT2D eigenvalue weighted by Gasteiger charge is -1.98. The van der Waals surface area contributed by atoms with Gasteiger partial charge in [0, 0.05) is 12.0 Å². The summed E-state index contributed by atoms with van der Waals surface area (Å²) in [5, 5.41) is 3.78. The third-order valence-electron chi connectivity index (χ3n) is 2.48. The number of aromatic nitrogens is 1. The molecule has 2 rings (SSSR count). The van der Waals surface area contributed by atoms with Crippen LogP contribution in [0.2, 0.25) is 0 Å². The number of furan rings is 1. The topological polar surface area (TPSA) is 65.2 Å². The normalized spacial score (nSPS) is 10.8. The van der Waals surface area contributed by atoms with E-state index in [1.165, 1.54) is 0 Å². The van der Waals surface area contributed by atoms with Crippen LogP contribution in [-0.2, 0) is 12.8 Å². The molecule has 0 aliphatic heterocycles. The fraction of sp³-hybridized carbons (Fsp3) is 0.364. The van der Waals surface area contributed by atoms with Crippen LogP contribution in [-0.4, -0.2) is 5.16 Å². The van der Waals surface area contributed by atoms with Gasteiger partial charge in [0.05, 0.1) is 11.8 Å². The summed E-state index contributed by atoms with van der Waals surface area (Å²) >= 11 is 0. The molecule has 0 saturated carbocycles. The van der Waals surface area contributed by atoms with Crippen LogP contribution in [0.5, 0.6) is 0 Å². The molecule has 80 valence electrons. The summed E-state index contributed by atoms with van der Waals surface area (Å²) in [5.41, 5.74) is 7.62. The monoisotopic (exact) mass is 206 g/mol. The van der Waals surface area contributed by atoms with Crippen LogP contribution >= 0.6 is 0 Å². The molecule has 0 unspecified atom stereocenters. The summed E-state index contributed by atoms with van der Waals surface area (Å²) in [6.45, 7) is 4.06. The summed E-state index contributed by atoms with van der Waals surface area (Å²) in [6.07, 6.45) is 3.29. The quantitative estimate of drug-likeness (QED) is 0.838. The highest BCUT2D eigenvalue weighted by atomic mass is 16.5. The van der Waals surface area contributed by atoms with Crippen molar-refractivity contribution in [1.82, 2.24) is 5.16 Å². The molecule has 2 N–H and O–H groups in total. The second kappa shape index (κ2) is 3.81. The van der Waals surface area contributed by atoms with Gasteiger partial charge in [0.15, 0.2) is 11.6 Å². The zero-order valence-corrected chi connectivity index (χ0v) is 8.91.